The average molecular weight is 250 g/mol. The molecule has 0 amide bonds. The first kappa shape index (κ1) is 12.9. The maximum Gasteiger partial charge on any atom is 0.0446 e. The third-order valence-corrected chi connectivity index (χ3v) is 4.29. The minimum Gasteiger partial charge on any atom is -0.329 e. The SMILES string of the molecule is CSc1ccc(C(CN)NC2CCCC2)cc1. The molecule has 3 heteroatoms. The van der Waals surface area contributed by atoms with Crippen molar-refractivity contribution in [1.29, 1.82) is 0 Å². The van der Waals surface area contributed by atoms with Gasteiger partial charge in [-0.3, -0.25) is 0 Å². The zero-order valence-corrected chi connectivity index (χ0v) is 11.3. The number of hydrogen-bond donors (Lipinski definition) is 2. The fraction of sp³-hybridized carbons (Fsp3) is 0.571. The normalized spacial score (nSPS) is 18.5. The van der Waals surface area contributed by atoms with Crippen molar-refractivity contribution in [3.05, 3.63) is 29.8 Å². The van der Waals surface area contributed by atoms with Gasteiger partial charge in [0.1, 0.15) is 0 Å². The fourth-order valence-electron chi connectivity index (χ4n) is 2.51. The van der Waals surface area contributed by atoms with Crippen LogP contribution in [0.4, 0.5) is 0 Å². The molecule has 0 radical (unpaired) electrons. The molecule has 3 N–H and O–H groups in total. The maximum absolute atomic E-state index is 5.89. The third kappa shape index (κ3) is 3.47. The van der Waals surface area contributed by atoms with Gasteiger partial charge in [-0.05, 0) is 36.8 Å². The zero-order valence-electron chi connectivity index (χ0n) is 10.5. The van der Waals surface area contributed by atoms with Crippen molar-refractivity contribution in [2.45, 2.75) is 42.7 Å². The van der Waals surface area contributed by atoms with E-state index in [1.165, 1.54) is 36.1 Å². The van der Waals surface area contributed by atoms with E-state index in [0.29, 0.717) is 18.6 Å². The van der Waals surface area contributed by atoms with Crippen molar-refractivity contribution in [2.24, 2.45) is 5.73 Å². The molecule has 1 fully saturated rings. The van der Waals surface area contributed by atoms with Gasteiger partial charge in [0, 0.05) is 23.5 Å². The van der Waals surface area contributed by atoms with Gasteiger partial charge in [-0.15, -0.1) is 11.8 Å². The van der Waals surface area contributed by atoms with Crippen LogP contribution in [0, 0.1) is 0 Å². The minimum absolute atomic E-state index is 0.314. The first-order valence-electron chi connectivity index (χ1n) is 6.43. The lowest BCUT2D eigenvalue weighted by Gasteiger charge is -2.22. The molecule has 0 aromatic heterocycles. The van der Waals surface area contributed by atoms with Crippen LogP contribution >= 0.6 is 11.8 Å². The summed E-state index contributed by atoms with van der Waals surface area (Å²) >= 11 is 1.78. The Morgan fingerprint density at radius 3 is 2.47 bits per heavy atom. The molecule has 1 atom stereocenters. The highest BCUT2D eigenvalue weighted by Crippen LogP contribution is 2.23. The summed E-state index contributed by atoms with van der Waals surface area (Å²) in [4.78, 5) is 1.31. The molecule has 1 unspecified atom stereocenters. The van der Waals surface area contributed by atoms with E-state index in [1.807, 2.05) is 0 Å². The fourth-order valence-corrected chi connectivity index (χ4v) is 2.92. The number of benzene rings is 1. The molecule has 94 valence electrons. The van der Waals surface area contributed by atoms with Crippen LogP contribution in [0.2, 0.25) is 0 Å². The lowest BCUT2D eigenvalue weighted by atomic mass is 10.1. The summed E-state index contributed by atoms with van der Waals surface area (Å²) in [5.41, 5.74) is 7.20. The summed E-state index contributed by atoms with van der Waals surface area (Å²) < 4.78 is 0. The van der Waals surface area contributed by atoms with Crippen LogP contribution in [-0.4, -0.2) is 18.8 Å². The van der Waals surface area contributed by atoms with Crippen LogP contribution in [0.25, 0.3) is 0 Å². The quantitative estimate of drug-likeness (QED) is 0.789. The van der Waals surface area contributed by atoms with Crippen LogP contribution in [-0.2, 0) is 0 Å². The summed E-state index contributed by atoms with van der Waals surface area (Å²) in [6.07, 6.45) is 7.44. The zero-order chi connectivity index (χ0) is 12.1. The van der Waals surface area contributed by atoms with Gasteiger partial charge in [0.25, 0.3) is 0 Å². The highest BCUT2D eigenvalue weighted by molar-refractivity contribution is 7.98. The van der Waals surface area contributed by atoms with Gasteiger partial charge < -0.3 is 11.1 Å². The standard InChI is InChI=1S/C14H22N2S/c1-17-13-8-6-11(7-9-13)14(10-15)16-12-4-2-3-5-12/h6-9,12,14,16H,2-5,10,15H2,1H3. The van der Waals surface area contributed by atoms with E-state index >= 15 is 0 Å². The monoisotopic (exact) mass is 250 g/mol. The molecular weight excluding hydrogens is 228 g/mol. The second-order valence-electron chi connectivity index (χ2n) is 4.71. The van der Waals surface area contributed by atoms with Crippen LogP contribution in [0.3, 0.4) is 0 Å². The Morgan fingerprint density at radius 1 is 1.29 bits per heavy atom. The molecule has 1 saturated carbocycles. The minimum atomic E-state index is 0.314. The maximum atomic E-state index is 5.89. The van der Waals surface area contributed by atoms with Gasteiger partial charge in [0.15, 0.2) is 0 Å². The largest absolute Gasteiger partial charge is 0.329 e. The molecule has 0 aliphatic heterocycles. The second-order valence-corrected chi connectivity index (χ2v) is 5.59. The molecule has 1 aliphatic rings. The van der Waals surface area contributed by atoms with E-state index in [9.17, 15) is 0 Å². The topological polar surface area (TPSA) is 38.0 Å². The highest BCUT2D eigenvalue weighted by atomic mass is 32.2. The van der Waals surface area contributed by atoms with Gasteiger partial charge >= 0.3 is 0 Å². The Kier molecular flexibility index (Phi) is 4.89. The third-order valence-electron chi connectivity index (χ3n) is 3.55. The first-order valence-corrected chi connectivity index (χ1v) is 7.66. The van der Waals surface area contributed by atoms with Gasteiger partial charge in [0.05, 0.1) is 0 Å². The summed E-state index contributed by atoms with van der Waals surface area (Å²) in [6, 6.07) is 9.74. The van der Waals surface area contributed by atoms with E-state index in [0.717, 1.165) is 0 Å². The molecule has 1 aromatic carbocycles. The Labute approximate surface area is 108 Å². The number of nitrogens with one attached hydrogen (secondary N) is 1. The van der Waals surface area contributed by atoms with Crippen molar-refractivity contribution in [3.63, 3.8) is 0 Å². The van der Waals surface area contributed by atoms with Crippen molar-refractivity contribution in [1.82, 2.24) is 5.32 Å². The smallest absolute Gasteiger partial charge is 0.0446 e. The Morgan fingerprint density at radius 2 is 1.94 bits per heavy atom. The van der Waals surface area contributed by atoms with E-state index in [4.69, 9.17) is 5.73 Å². The number of nitrogens with two attached hydrogens (primary N) is 1. The molecule has 17 heavy (non-hydrogen) atoms. The number of hydrogen-bond acceptors (Lipinski definition) is 3. The predicted octanol–water partition coefficient (Wildman–Crippen LogP) is 2.94. The molecule has 0 heterocycles. The summed E-state index contributed by atoms with van der Waals surface area (Å²) in [5.74, 6) is 0. The number of thioether (sulfide) groups is 1. The molecule has 2 rings (SSSR count). The summed E-state index contributed by atoms with van der Waals surface area (Å²) in [7, 11) is 0. The molecule has 0 spiro atoms. The lowest BCUT2D eigenvalue weighted by Crippen LogP contribution is -2.35. The second kappa shape index (κ2) is 6.43. The van der Waals surface area contributed by atoms with Gasteiger partial charge in [-0.2, -0.15) is 0 Å². The van der Waals surface area contributed by atoms with Gasteiger partial charge in [0.2, 0.25) is 0 Å². The van der Waals surface area contributed by atoms with Gasteiger partial charge in [-0.25, -0.2) is 0 Å². The van der Waals surface area contributed by atoms with Crippen molar-refractivity contribution >= 4 is 11.8 Å². The van der Waals surface area contributed by atoms with Crippen LogP contribution < -0.4 is 11.1 Å². The van der Waals surface area contributed by atoms with E-state index in [2.05, 4.69) is 35.8 Å². The molecular formula is C14H22N2S. The molecule has 0 bridgehead atoms. The molecule has 1 aromatic rings. The van der Waals surface area contributed by atoms with Crippen molar-refractivity contribution in [3.8, 4) is 0 Å². The predicted molar refractivity (Wildman–Crippen MR) is 75.4 cm³/mol. The van der Waals surface area contributed by atoms with E-state index < -0.39 is 0 Å². The Bertz CT molecular complexity index is 331. The molecule has 0 saturated heterocycles. The van der Waals surface area contributed by atoms with Crippen LogP contribution in [0.15, 0.2) is 29.2 Å². The summed E-state index contributed by atoms with van der Waals surface area (Å²) in [5, 5.41) is 3.69. The average Bonchev–Trinajstić information content (AvgIpc) is 2.89. The molecule has 1 aliphatic carbocycles. The lowest BCUT2D eigenvalue weighted by molar-refractivity contribution is 0.444. The van der Waals surface area contributed by atoms with E-state index in [-0.39, 0.29) is 0 Å². The highest BCUT2D eigenvalue weighted by Gasteiger charge is 2.19. The number of rotatable bonds is 5. The van der Waals surface area contributed by atoms with Crippen LogP contribution in [0.5, 0.6) is 0 Å². The Balaban J connectivity index is 2.00. The van der Waals surface area contributed by atoms with Crippen molar-refractivity contribution in [2.75, 3.05) is 12.8 Å². The summed E-state index contributed by atoms with van der Waals surface area (Å²) in [6.45, 7) is 0.676. The van der Waals surface area contributed by atoms with Crippen molar-refractivity contribution < 1.29 is 0 Å². The Hall–Kier alpha value is -0.510. The first-order chi connectivity index (χ1) is 8.33. The molecule has 2 nitrogen and oxygen atoms in total. The van der Waals surface area contributed by atoms with Crippen LogP contribution in [0.1, 0.15) is 37.3 Å². The van der Waals surface area contributed by atoms with Gasteiger partial charge in [-0.1, -0.05) is 25.0 Å². The van der Waals surface area contributed by atoms with E-state index in [1.54, 1.807) is 11.8 Å².